The molecular weight excluding hydrogens is 272 g/mol. The van der Waals surface area contributed by atoms with Gasteiger partial charge in [0.25, 0.3) is 0 Å². The Kier molecular flexibility index (Phi) is 3.88. The molecule has 4 heteroatoms. The predicted octanol–water partition coefficient (Wildman–Crippen LogP) is 4.32. The van der Waals surface area contributed by atoms with Gasteiger partial charge in [-0.3, -0.25) is 0 Å². The van der Waals surface area contributed by atoms with E-state index in [-0.39, 0.29) is 5.75 Å². The van der Waals surface area contributed by atoms with E-state index in [0.29, 0.717) is 11.8 Å². The van der Waals surface area contributed by atoms with Crippen molar-refractivity contribution in [2.24, 2.45) is 0 Å². The minimum atomic E-state index is -0.646. The van der Waals surface area contributed by atoms with Crippen molar-refractivity contribution < 1.29 is 13.5 Å². The SMILES string of the molecule is Cc1cc(Oc2cc(F)cc(F)c2)ccc1CNC1CC1. The number of ether oxygens (including phenoxy) is 1. The summed E-state index contributed by atoms with van der Waals surface area (Å²) in [5, 5.41) is 3.46. The molecule has 1 N–H and O–H groups in total. The van der Waals surface area contributed by atoms with Crippen LogP contribution < -0.4 is 10.1 Å². The molecule has 2 aromatic rings. The van der Waals surface area contributed by atoms with Crippen molar-refractivity contribution in [2.45, 2.75) is 32.4 Å². The van der Waals surface area contributed by atoms with Crippen molar-refractivity contribution in [2.75, 3.05) is 0 Å². The highest BCUT2D eigenvalue weighted by Gasteiger charge is 2.20. The summed E-state index contributed by atoms with van der Waals surface area (Å²) in [6.45, 7) is 2.84. The molecule has 1 aliphatic carbocycles. The van der Waals surface area contributed by atoms with Crippen molar-refractivity contribution in [3.63, 3.8) is 0 Å². The first kappa shape index (κ1) is 14.0. The van der Waals surface area contributed by atoms with E-state index in [9.17, 15) is 8.78 Å². The van der Waals surface area contributed by atoms with Crippen molar-refractivity contribution >= 4 is 0 Å². The van der Waals surface area contributed by atoms with Gasteiger partial charge in [-0.2, -0.15) is 0 Å². The van der Waals surface area contributed by atoms with Crippen LogP contribution in [0.5, 0.6) is 11.5 Å². The van der Waals surface area contributed by atoms with E-state index in [1.807, 2.05) is 25.1 Å². The Balaban J connectivity index is 1.71. The van der Waals surface area contributed by atoms with Crippen LogP contribution in [0.1, 0.15) is 24.0 Å². The zero-order chi connectivity index (χ0) is 14.8. The zero-order valence-corrected chi connectivity index (χ0v) is 11.8. The predicted molar refractivity (Wildman–Crippen MR) is 77.5 cm³/mol. The number of nitrogens with one attached hydrogen (secondary N) is 1. The molecule has 0 saturated heterocycles. The smallest absolute Gasteiger partial charge is 0.133 e. The summed E-state index contributed by atoms with van der Waals surface area (Å²) in [6.07, 6.45) is 2.51. The van der Waals surface area contributed by atoms with E-state index in [1.54, 1.807) is 0 Å². The molecule has 1 aliphatic rings. The fraction of sp³-hybridized carbons (Fsp3) is 0.294. The Morgan fingerprint density at radius 1 is 1.05 bits per heavy atom. The standard InChI is InChI=1S/C17H17F2NO/c1-11-6-16(5-2-12(11)10-20-15-3-4-15)21-17-8-13(18)7-14(19)9-17/h2,5-9,15,20H,3-4,10H2,1H3. The molecule has 0 spiro atoms. The lowest BCUT2D eigenvalue weighted by Gasteiger charge is -2.11. The highest BCUT2D eigenvalue weighted by atomic mass is 19.1. The van der Waals surface area contributed by atoms with Crippen LogP contribution in [-0.2, 0) is 6.54 Å². The van der Waals surface area contributed by atoms with Crippen LogP contribution in [0.25, 0.3) is 0 Å². The van der Waals surface area contributed by atoms with Gasteiger partial charge in [0.1, 0.15) is 23.1 Å². The van der Waals surface area contributed by atoms with E-state index in [2.05, 4.69) is 5.32 Å². The lowest BCUT2D eigenvalue weighted by atomic mass is 10.1. The van der Waals surface area contributed by atoms with E-state index in [4.69, 9.17) is 4.74 Å². The third-order valence-corrected chi connectivity index (χ3v) is 3.54. The summed E-state index contributed by atoms with van der Waals surface area (Å²) >= 11 is 0. The van der Waals surface area contributed by atoms with Gasteiger partial charge in [-0.05, 0) is 43.0 Å². The minimum Gasteiger partial charge on any atom is -0.457 e. The van der Waals surface area contributed by atoms with Crippen molar-refractivity contribution in [1.29, 1.82) is 0 Å². The van der Waals surface area contributed by atoms with Gasteiger partial charge in [0.15, 0.2) is 0 Å². The topological polar surface area (TPSA) is 21.3 Å². The fourth-order valence-electron chi connectivity index (χ4n) is 2.20. The van der Waals surface area contributed by atoms with Gasteiger partial charge in [0, 0.05) is 30.8 Å². The first-order valence-corrected chi connectivity index (χ1v) is 7.07. The lowest BCUT2D eigenvalue weighted by Crippen LogP contribution is -2.15. The van der Waals surface area contributed by atoms with Crippen LogP contribution in [0.3, 0.4) is 0 Å². The first-order chi connectivity index (χ1) is 10.1. The maximum absolute atomic E-state index is 13.1. The molecule has 3 rings (SSSR count). The van der Waals surface area contributed by atoms with Gasteiger partial charge in [-0.25, -0.2) is 8.78 Å². The summed E-state index contributed by atoms with van der Waals surface area (Å²) in [5.41, 5.74) is 2.30. The number of halogens is 2. The lowest BCUT2D eigenvalue weighted by molar-refractivity contribution is 0.467. The second-order valence-corrected chi connectivity index (χ2v) is 5.45. The van der Waals surface area contributed by atoms with E-state index in [0.717, 1.165) is 18.2 Å². The Morgan fingerprint density at radius 3 is 2.38 bits per heavy atom. The highest BCUT2D eigenvalue weighted by Crippen LogP contribution is 2.26. The van der Waals surface area contributed by atoms with Crippen LogP contribution in [-0.4, -0.2) is 6.04 Å². The molecule has 0 bridgehead atoms. The first-order valence-electron chi connectivity index (χ1n) is 7.07. The summed E-state index contributed by atoms with van der Waals surface area (Å²) in [6, 6.07) is 9.50. The van der Waals surface area contributed by atoms with Gasteiger partial charge in [0.2, 0.25) is 0 Å². The largest absolute Gasteiger partial charge is 0.457 e. The molecule has 21 heavy (non-hydrogen) atoms. The Labute approximate surface area is 122 Å². The quantitative estimate of drug-likeness (QED) is 0.885. The van der Waals surface area contributed by atoms with Crippen LogP contribution >= 0.6 is 0 Å². The van der Waals surface area contributed by atoms with Crippen molar-refractivity contribution in [3.05, 3.63) is 59.2 Å². The molecular formula is C17H17F2NO. The Hall–Kier alpha value is -1.94. The molecule has 1 fully saturated rings. The van der Waals surface area contributed by atoms with Crippen LogP contribution in [0.2, 0.25) is 0 Å². The second-order valence-electron chi connectivity index (χ2n) is 5.45. The van der Waals surface area contributed by atoms with E-state index >= 15 is 0 Å². The van der Waals surface area contributed by atoms with Crippen molar-refractivity contribution in [3.8, 4) is 11.5 Å². The van der Waals surface area contributed by atoms with Crippen LogP contribution in [0.15, 0.2) is 36.4 Å². The molecule has 0 aromatic heterocycles. The number of aryl methyl sites for hydroxylation is 1. The van der Waals surface area contributed by atoms with Gasteiger partial charge in [0.05, 0.1) is 0 Å². The third kappa shape index (κ3) is 3.79. The molecule has 2 aromatic carbocycles. The van der Waals surface area contributed by atoms with E-state index < -0.39 is 11.6 Å². The van der Waals surface area contributed by atoms with Gasteiger partial charge in [-0.15, -0.1) is 0 Å². The van der Waals surface area contributed by atoms with Gasteiger partial charge < -0.3 is 10.1 Å². The van der Waals surface area contributed by atoms with Crippen LogP contribution in [0.4, 0.5) is 8.78 Å². The zero-order valence-electron chi connectivity index (χ0n) is 11.8. The van der Waals surface area contributed by atoms with E-state index in [1.165, 1.54) is 30.5 Å². The molecule has 0 aliphatic heterocycles. The summed E-state index contributed by atoms with van der Waals surface area (Å²) in [5.74, 6) is -0.553. The van der Waals surface area contributed by atoms with Crippen molar-refractivity contribution in [1.82, 2.24) is 5.32 Å². The molecule has 0 atom stereocenters. The third-order valence-electron chi connectivity index (χ3n) is 3.54. The average molecular weight is 289 g/mol. The summed E-state index contributed by atoms with van der Waals surface area (Å²) in [7, 11) is 0. The average Bonchev–Trinajstić information content (AvgIpc) is 3.20. The Morgan fingerprint density at radius 2 is 1.76 bits per heavy atom. The monoisotopic (exact) mass is 289 g/mol. The minimum absolute atomic E-state index is 0.163. The molecule has 2 nitrogen and oxygen atoms in total. The molecule has 0 amide bonds. The molecule has 0 radical (unpaired) electrons. The Bertz CT molecular complexity index is 633. The molecule has 0 heterocycles. The fourth-order valence-corrected chi connectivity index (χ4v) is 2.20. The van der Waals surface area contributed by atoms with Gasteiger partial charge >= 0.3 is 0 Å². The number of hydrogen-bond acceptors (Lipinski definition) is 2. The van der Waals surface area contributed by atoms with Gasteiger partial charge in [-0.1, -0.05) is 6.07 Å². The number of benzene rings is 2. The summed E-state index contributed by atoms with van der Waals surface area (Å²) < 4.78 is 31.8. The number of hydrogen-bond donors (Lipinski definition) is 1. The maximum Gasteiger partial charge on any atom is 0.133 e. The maximum atomic E-state index is 13.1. The second kappa shape index (κ2) is 5.82. The number of rotatable bonds is 5. The molecule has 110 valence electrons. The van der Waals surface area contributed by atoms with Crippen LogP contribution in [0, 0.1) is 18.6 Å². The molecule has 1 saturated carbocycles. The molecule has 0 unspecified atom stereocenters. The highest BCUT2D eigenvalue weighted by molar-refractivity contribution is 5.38. The summed E-state index contributed by atoms with van der Waals surface area (Å²) in [4.78, 5) is 0. The normalized spacial score (nSPS) is 14.2.